The summed E-state index contributed by atoms with van der Waals surface area (Å²) in [5.74, 6) is -2.41. The van der Waals surface area contributed by atoms with Crippen LogP contribution in [-0.4, -0.2) is 41.5 Å². The maximum Gasteiger partial charge on any atom is 0.287 e. The van der Waals surface area contributed by atoms with Gasteiger partial charge in [-0.1, -0.05) is 11.6 Å². The Hall–Kier alpha value is -3.43. The Morgan fingerprint density at radius 1 is 1.21 bits per heavy atom. The zero-order valence-corrected chi connectivity index (χ0v) is 18.4. The van der Waals surface area contributed by atoms with Crippen LogP contribution < -0.4 is 15.5 Å². The number of hydrogen-bond acceptors (Lipinski definition) is 5. The lowest BCUT2D eigenvalue weighted by molar-refractivity contribution is -0.149. The minimum Gasteiger partial charge on any atom is -0.451 e. The van der Waals surface area contributed by atoms with E-state index in [1.807, 2.05) is 0 Å². The number of hydrogen-bond donors (Lipinski definition) is 3. The molecule has 0 unspecified atom stereocenters. The molecule has 0 saturated carbocycles. The van der Waals surface area contributed by atoms with Crippen molar-refractivity contribution in [3.8, 4) is 0 Å². The first kappa shape index (κ1) is 22.8. The van der Waals surface area contributed by atoms with Gasteiger partial charge in [-0.05, 0) is 55.0 Å². The van der Waals surface area contributed by atoms with E-state index in [0.717, 1.165) is 6.07 Å². The molecule has 33 heavy (non-hydrogen) atoms. The van der Waals surface area contributed by atoms with Crippen molar-refractivity contribution in [2.75, 3.05) is 18.0 Å². The van der Waals surface area contributed by atoms with Crippen LogP contribution in [-0.2, 0) is 16.1 Å². The highest BCUT2D eigenvalue weighted by molar-refractivity contribution is 6.30. The van der Waals surface area contributed by atoms with E-state index in [1.165, 1.54) is 17.0 Å². The lowest BCUT2D eigenvalue weighted by atomic mass is 10.0. The monoisotopic (exact) mass is 473 g/mol. The van der Waals surface area contributed by atoms with Crippen LogP contribution in [0.1, 0.15) is 29.5 Å². The SMILES string of the molecule is CCNC(=O)c1cc2cc(N3CC[C@@](O)(C(=O)NCc4cc(F)cc(Cl)c4)C3=O)ccc2o1. The molecule has 1 fully saturated rings. The highest BCUT2D eigenvalue weighted by Gasteiger charge is 2.51. The summed E-state index contributed by atoms with van der Waals surface area (Å²) in [4.78, 5) is 38.9. The standard InChI is InChI=1S/C23H21ClFN3O5/c1-2-26-20(29)19-10-14-9-17(3-4-18(14)33-19)28-6-5-23(32,22(28)31)21(30)27-12-13-7-15(24)11-16(25)8-13/h3-4,7-11,32H,2,5-6,12H2,1H3,(H,26,29)(H,27,30)/t23-/m1/s1. The van der Waals surface area contributed by atoms with E-state index in [0.29, 0.717) is 28.8 Å². The van der Waals surface area contributed by atoms with E-state index >= 15 is 0 Å². The summed E-state index contributed by atoms with van der Waals surface area (Å²) in [5.41, 5.74) is -0.938. The number of aliphatic hydroxyl groups is 1. The first-order valence-electron chi connectivity index (χ1n) is 10.3. The minimum absolute atomic E-state index is 0.102. The maximum atomic E-state index is 13.5. The molecule has 0 bridgehead atoms. The van der Waals surface area contributed by atoms with Gasteiger partial charge < -0.3 is 25.1 Å². The molecular formula is C23H21ClFN3O5. The predicted molar refractivity (Wildman–Crippen MR) is 119 cm³/mol. The first-order valence-corrected chi connectivity index (χ1v) is 10.7. The Labute approximate surface area is 193 Å². The number of rotatable bonds is 6. The number of benzene rings is 2. The summed E-state index contributed by atoms with van der Waals surface area (Å²) in [7, 11) is 0. The second-order valence-electron chi connectivity index (χ2n) is 7.72. The topological polar surface area (TPSA) is 112 Å². The van der Waals surface area contributed by atoms with Crippen LogP contribution in [0.4, 0.5) is 10.1 Å². The van der Waals surface area contributed by atoms with Gasteiger partial charge in [-0.3, -0.25) is 14.4 Å². The number of anilines is 1. The molecule has 0 spiro atoms. The highest BCUT2D eigenvalue weighted by Crippen LogP contribution is 2.32. The molecule has 0 radical (unpaired) electrons. The molecule has 172 valence electrons. The molecule has 2 aromatic carbocycles. The molecule has 8 nitrogen and oxygen atoms in total. The van der Waals surface area contributed by atoms with E-state index in [1.54, 1.807) is 31.2 Å². The van der Waals surface area contributed by atoms with Gasteiger partial charge in [0.1, 0.15) is 11.4 Å². The summed E-state index contributed by atoms with van der Waals surface area (Å²) in [5, 5.41) is 16.7. The zero-order chi connectivity index (χ0) is 23.8. The third kappa shape index (κ3) is 4.42. The van der Waals surface area contributed by atoms with Gasteiger partial charge in [0.2, 0.25) is 5.60 Å². The molecule has 1 atom stereocenters. The van der Waals surface area contributed by atoms with Gasteiger partial charge in [-0.15, -0.1) is 0 Å². The number of halogens is 2. The Bertz CT molecular complexity index is 1240. The average molecular weight is 474 g/mol. The Balaban J connectivity index is 1.49. The largest absolute Gasteiger partial charge is 0.451 e. The molecule has 4 rings (SSSR count). The molecule has 3 amide bonds. The fraction of sp³-hybridized carbons (Fsp3) is 0.261. The molecule has 1 aliphatic rings. The fourth-order valence-corrected chi connectivity index (χ4v) is 4.01. The number of fused-ring (bicyclic) bond motifs is 1. The summed E-state index contributed by atoms with van der Waals surface area (Å²) < 4.78 is 19.0. The zero-order valence-electron chi connectivity index (χ0n) is 17.7. The number of amides is 3. The summed E-state index contributed by atoms with van der Waals surface area (Å²) in [6.45, 7) is 2.26. The van der Waals surface area contributed by atoms with Crippen molar-refractivity contribution in [2.45, 2.75) is 25.5 Å². The molecule has 1 aliphatic heterocycles. The normalized spacial score (nSPS) is 18.1. The molecule has 1 aromatic heterocycles. The summed E-state index contributed by atoms with van der Waals surface area (Å²) in [6, 6.07) is 10.3. The highest BCUT2D eigenvalue weighted by atomic mass is 35.5. The number of nitrogens with zero attached hydrogens (tertiary/aromatic N) is 1. The van der Waals surface area contributed by atoms with E-state index in [9.17, 15) is 23.9 Å². The van der Waals surface area contributed by atoms with Crippen molar-refractivity contribution >= 4 is 46.0 Å². The van der Waals surface area contributed by atoms with Gasteiger partial charge in [0.05, 0.1) is 0 Å². The smallest absolute Gasteiger partial charge is 0.287 e. The van der Waals surface area contributed by atoms with E-state index in [-0.39, 0.29) is 36.2 Å². The lowest BCUT2D eigenvalue weighted by Crippen LogP contribution is -2.52. The Morgan fingerprint density at radius 3 is 2.73 bits per heavy atom. The van der Waals surface area contributed by atoms with Crippen LogP contribution >= 0.6 is 11.6 Å². The number of furan rings is 1. The van der Waals surface area contributed by atoms with Crippen LogP contribution in [0.15, 0.2) is 46.9 Å². The van der Waals surface area contributed by atoms with Crippen LogP contribution in [0.5, 0.6) is 0 Å². The molecule has 3 aromatic rings. The molecule has 0 aliphatic carbocycles. The van der Waals surface area contributed by atoms with Crippen molar-refractivity contribution in [1.82, 2.24) is 10.6 Å². The first-order chi connectivity index (χ1) is 15.7. The van der Waals surface area contributed by atoms with Crippen LogP contribution in [0.2, 0.25) is 5.02 Å². The number of carbonyl (C=O) groups excluding carboxylic acids is 3. The number of carbonyl (C=O) groups is 3. The molecule has 2 heterocycles. The molecule has 10 heteroatoms. The van der Waals surface area contributed by atoms with Gasteiger partial charge in [-0.25, -0.2) is 4.39 Å². The van der Waals surface area contributed by atoms with Crippen molar-refractivity contribution in [3.05, 3.63) is 64.6 Å². The maximum absolute atomic E-state index is 13.5. The van der Waals surface area contributed by atoms with Gasteiger partial charge in [0.15, 0.2) is 5.76 Å². The third-order valence-electron chi connectivity index (χ3n) is 5.42. The predicted octanol–water partition coefficient (Wildman–Crippen LogP) is 2.76. The van der Waals surface area contributed by atoms with Crippen molar-refractivity contribution in [1.29, 1.82) is 0 Å². The van der Waals surface area contributed by atoms with E-state index in [2.05, 4.69) is 10.6 Å². The Kier molecular flexibility index (Phi) is 6.09. The fourth-order valence-electron chi connectivity index (χ4n) is 3.76. The van der Waals surface area contributed by atoms with Crippen LogP contribution in [0.25, 0.3) is 11.0 Å². The van der Waals surface area contributed by atoms with Gasteiger partial charge in [0, 0.05) is 42.2 Å². The molecular weight excluding hydrogens is 453 g/mol. The number of nitrogens with one attached hydrogen (secondary N) is 2. The second kappa shape index (κ2) is 8.84. The average Bonchev–Trinajstić information content (AvgIpc) is 3.33. The van der Waals surface area contributed by atoms with E-state index in [4.69, 9.17) is 16.0 Å². The van der Waals surface area contributed by atoms with Crippen molar-refractivity contribution in [3.63, 3.8) is 0 Å². The van der Waals surface area contributed by atoms with Gasteiger partial charge in [-0.2, -0.15) is 0 Å². The molecule has 1 saturated heterocycles. The third-order valence-corrected chi connectivity index (χ3v) is 5.64. The van der Waals surface area contributed by atoms with E-state index < -0.39 is 23.2 Å². The molecule has 3 N–H and O–H groups in total. The van der Waals surface area contributed by atoms with Crippen LogP contribution in [0.3, 0.4) is 0 Å². The summed E-state index contributed by atoms with van der Waals surface area (Å²) >= 11 is 5.81. The second-order valence-corrected chi connectivity index (χ2v) is 8.16. The minimum atomic E-state index is -2.26. The summed E-state index contributed by atoms with van der Waals surface area (Å²) in [6.07, 6.45) is -0.116. The lowest BCUT2D eigenvalue weighted by Gasteiger charge is -2.22. The quantitative estimate of drug-likeness (QED) is 0.477. The van der Waals surface area contributed by atoms with Crippen molar-refractivity contribution < 1.29 is 28.3 Å². The Morgan fingerprint density at radius 2 is 2.00 bits per heavy atom. The van der Waals surface area contributed by atoms with Crippen LogP contribution in [0, 0.1) is 5.82 Å². The van der Waals surface area contributed by atoms with Gasteiger partial charge >= 0.3 is 0 Å². The van der Waals surface area contributed by atoms with Gasteiger partial charge in [0.25, 0.3) is 17.7 Å². The van der Waals surface area contributed by atoms with Crippen molar-refractivity contribution in [2.24, 2.45) is 0 Å².